The van der Waals surface area contributed by atoms with E-state index in [1.54, 1.807) is 14.0 Å². The smallest absolute Gasteiger partial charge is 0.215 e. The first-order valence-corrected chi connectivity index (χ1v) is 12.3. The SMILES string of the molecule is CNC1C(O)C(OC2C(N)CC(N)C(OC3OC(CNCCCN)=CCC3N)C2O)OCC1(C)O. The van der Waals surface area contributed by atoms with Gasteiger partial charge in [-0.25, -0.2) is 0 Å². The highest BCUT2D eigenvalue weighted by Crippen LogP contribution is 2.31. The maximum absolute atomic E-state index is 11.1. The summed E-state index contributed by atoms with van der Waals surface area (Å²) in [6.45, 7) is 3.36. The number of hydrogen-bond acceptors (Lipinski definition) is 13. The summed E-state index contributed by atoms with van der Waals surface area (Å²) in [5, 5.41) is 38.5. The van der Waals surface area contributed by atoms with Crippen molar-refractivity contribution in [3.05, 3.63) is 11.8 Å². The van der Waals surface area contributed by atoms with E-state index in [2.05, 4.69) is 10.6 Å². The summed E-state index contributed by atoms with van der Waals surface area (Å²) in [6.07, 6.45) is -2.56. The number of aliphatic hydroxyl groups excluding tert-OH is 2. The van der Waals surface area contributed by atoms with Crippen molar-refractivity contribution in [3.8, 4) is 0 Å². The zero-order valence-electron chi connectivity index (χ0n) is 20.6. The highest BCUT2D eigenvalue weighted by atomic mass is 16.7. The van der Waals surface area contributed by atoms with Gasteiger partial charge in [0.1, 0.15) is 35.8 Å². The van der Waals surface area contributed by atoms with Crippen molar-refractivity contribution in [3.63, 3.8) is 0 Å². The minimum absolute atomic E-state index is 0.0725. The van der Waals surface area contributed by atoms with E-state index in [1.807, 2.05) is 6.08 Å². The summed E-state index contributed by atoms with van der Waals surface area (Å²) in [4.78, 5) is 0. The highest BCUT2D eigenvalue weighted by molar-refractivity contribution is 5.05. The van der Waals surface area contributed by atoms with Gasteiger partial charge in [0.2, 0.25) is 6.29 Å². The molecule has 11 unspecified atom stereocenters. The molecule has 0 aromatic carbocycles. The second-order valence-corrected chi connectivity index (χ2v) is 9.92. The van der Waals surface area contributed by atoms with Crippen LogP contribution in [0.2, 0.25) is 0 Å². The Morgan fingerprint density at radius 1 is 1.09 bits per heavy atom. The molecule has 0 bridgehead atoms. The van der Waals surface area contributed by atoms with E-state index in [9.17, 15) is 15.3 Å². The molecule has 13 heteroatoms. The van der Waals surface area contributed by atoms with Gasteiger partial charge in [0, 0.05) is 12.1 Å². The Bertz CT molecular complexity index is 701. The Morgan fingerprint density at radius 2 is 1.74 bits per heavy atom. The molecule has 3 aliphatic rings. The molecule has 0 spiro atoms. The van der Waals surface area contributed by atoms with Gasteiger partial charge in [0.25, 0.3) is 0 Å². The quantitative estimate of drug-likeness (QED) is 0.130. The molecule has 3 rings (SSSR count). The van der Waals surface area contributed by atoms with E-state index in [-0.39, 0.29) is 6.61 Å². The van der Waals surface area contributed by atoms with Crippen molar-refractivity contribution in [1.82, 2.24) is 10.6 Å². The fourth-order valence-corrected chi connectivity index (χ4v) is 4.86. The monoisotopic (exact) mass is 504 g/mol. The zero-order valence-corrected chi connectivity index (χ0v) is 20.6. The van der Waals surface area contributed by atoms with Crippen LogP contribution in [-0.2, 0) is 18.9 Å². The van der Waals surface area contributed by atoms with Gasteiger partial charge in [0.15, 0.2) is 6.29 Å². The topological polar surface area (TPSA) is 226 Å². The molecule has 0 radical (unpaired) electrons. The van der Waals surface area contributed by atoms with Crippen LogP contribution in [0.3, 0.4) is 0 Å². The van der Waals surface area contributed by atoms with E-state index in [1.165, 1.54) is 0 Å². The predicted octanol–water partition coefficient (Wildman–Crippen LogP) is -3.87. The Morgan fingerprint density at radius 3 is 2.37 bits per heavy atom. The molecule has 2 aliphatic heterocycles. The van der Waals surface area contributed by atoms with E-state index < -0.39 is 66.8 Å². The molecule has 204 valence electrons. The van der Waals surface area contributed by atoms with Crippen LogP contribution >= 0.6 is 0 Å². The maximum atomic E-state index is 11.1. The summed E-state index contributed by atoms with van der Waals surface area (Å²) >= 11 is 0. The lowest BCUT2D eigenvalue weighted by Crippen LogP contribution is -2.68. The Kier molecular flexibility index (Phi) is 10.3. The van der Waals surface area contributed by atoms with Crippen LogP contribution in [0.15, 0.2) is 11.8 Å². The van der Waals surface area contributed by atoms with E-state index in [4.69, 9.17) is 41.9 Å². The van der Waals surface area contributed by atoms with Gasteiger partial charge in [-0.15, -0.1) is 0 Å². The zero-order chi connectivity index (χ0) is 25.8. The van der Waals surface area contributed by atoms with E-state index in [0.29, 0.717) is 31.7 Å². The number of aliphatic hydroxyl groups is 3. The molecule has 2 fully saturated rings. The van der Waals surface area contributed by atoms with Crippen LogP contribution in [-0.4, -0.2) is 115 Å². The first-order valence-electron chi connectivity index (χ1n) is 12.3. The number of ether oxygens (including phenoxy) is 4. The molecule has 0 aromatic rings. The van der Waals surface area contributed by atoms with Gasteiger partial charge in [-0.1, -0.05) is 0 Å². The minimum Gasteiger partial charge on any atom is -0.467 e. The lowest BCUT2D eigenvalue weighted by atomic mass is 9.84. The summed E-state index contributed by atoms with van der Waals surface area (Å²) in [7, 11) is 1.62. The van der Waals surface area contributed by atoms with Gasteiger partial charge >= 0.3 is 0 Å². The normalized spacial score (nSPS) is 44.5. The van der Waals surface area contributed by atoms with E-state index >= 15 is 0 Å². The number of hydrogen-bond donors (Lipinski definition) is 9. The van der Waals surface area contributed by atoms with Crippen molar-refractivity contribution in [2.24, 2.45) is 22.9 Å². The molecule has 13 nitrogen and oxygen atoms in total. The minimum atomic E-state index is -1.30. The molecule has 0 aromatic heterocycles. The molecule has 1 saturated carbocycles. The van der Waals surface area contributed by atoms with Crippen molar-refractivity contribution in [2.45, 2.75) is 93.0 Å². The molecule has 35 heavy (non-hydrogen) atoms. The number of nitrogens with one attached hydrogen (secondary N) is 2. The molecular formula is C22H44N6O7. The predicted molar refractivity (Wildman–Crippen MR) is 128 cm³/mol. The molecule has 11 atom stereocenters. The van der Waals surface area contributed by atoms with Gasteiger partial charge < -0.3 is 67.8 Å². The Hall–Kier alpha value is -0.940. The summed E-state index contributed by atoms with van der Waals surface area (Å²) < 4.78 is 23.6. The number of rotatable bonds is 10. The van der Waals surface area contributed by atoms with Crippen LogP contribution < -0.4 is 33.6 Å². The Labute approximate surface area is 206 Å². The lowest BCUT2D eigenvalue weighted by Gasteiger charge is -2.48. The van der Waals surface area contributed by atoms with Crippen LogP contribution in [0.5, 0.6) is 0 Å². The largest absolute Gasteiger partial charge is 0.467 e. The second-order valence-electron chi connectivity index (χ2n) is 9.92. The third-order valence-electron chi connectivity index (χ3n) is 6.88. The highest BCUT2D eigenvalue weighted by Gasteiger charge is 2.50. The average molecular weight is 505 g/mol. The summed E-state index contributed by atoms with van der Waals surface area (Å²) in [5.74, 6) is 0.695. The van der Waals surface area contributed by atoms with Crippen molar-refractivity contribution in [2.75, 3.05) is 33.3 Å². The van der Waals surface area contributed by atoms with Crippen LogP contribution in [0.1, 0.15) is 26.2 Å². The fourth-order valence-electron chi connectivity index (χ4n) is 4.86. The molecule has 13 N–H and O–H groups in total. The average Bonchev–Trinajstić information content (AvgIpc) is 2.80. The van der Waals surface area contributed by atoms with Gasteiger partial charge in [0.05, 0.1) is 25.2 Å². The molecule has 2 heterocycles. The van der Waals surface area contributed by atoms with Crippen LogP contribution in [0, 0.1) is 0 Å². The number of likely N-dealkylation sites (N-methyl/N-ethyl adjacent to an activating group) is 1. The lowest BCUT2D eigenvalue weighted by molar-refractivity contribution is -0.303. The molecular weight excluding hydrogens is 460 g/mol. The van der Waals surface area contributed by atoms with Crippen LogP contribution in [0.4, 0.5) is 0 Å². The Balaban J connectivity index is 1.63. The maximum Gasteiger partial charge on any atom is 0.215 e. The first-order chi connectivity index (χ1) is 16.6. The molecule has 1 aliphatic carbocycles. The number of nitrogens with two attached hydrogens (primary N) is 4. The first kappa shape index (κ1) is 28.6. The second kappa shape index (κ2) is 12.5. The summed E-state index contributed by atoms with van der Waals surface area (Å²) in [6, 6.07) is -2.37. The fraction of sp³-hybridized carbons (Fsp3) is 0.909. The molecule has 0 amide bonds. The van der Waals surface area contributed by atoms with Crippen molar-refractivity contribution in [1.29, 1.82) is 0 Å². The van der Waals surface area contributed by atoms with Gasteiger partial charge in [-0.2, -0.15) is 0 Å². The summed E-state index contributed by atoms with van der Waals surface area (Å²) in [5.41, 5.74) is 23.0. The van der Waals surface area contributed by atoms with Gasteiger partial charge in [-0.3, -0.25) is 0 Å². The van der Waals surface area contributed by atoms with Crippen LogP contribution in [0.25, 0.3) is 0 Å². The van der Waals surface area contributed by atoms with Crippen molar-refractivity contribution < 1.29 is 34.3 Å². The third-order valence-corrected chi connectivity index (χ3v) is 6.88. The molecule has 1 saturated heterocycles. The van der Waals surface area contributed by atoms with Crippen molar-refractivity contribution >= 4 is 0 Å². The van der Waals surface area contributed by atoms with E-state index in [0.717, 1.165) is 13.0 Å². The standard InChI is InChI=1S/C22H44N6O7/c1-22(31)10-32-21(16(30)19(22)27-2)35-18-14(26)8-13(25)17(15(18)29)34-20-12(24)5-4-11(33-20)9-28-7-3-6-23/h4,12-21,27-31H,3,5-10,23-26H2,1-2H3. The van der Waals surface area contributed by atoms with Gasteiger partial charge in [-0.05, 0) is 52.4 Å². The third kappa shape index (κ3) is 6.89.